The number of carbonyl (C=O) groups is 7. The number of tetrazole rings is 1. The molecule has 1 aliphatic carbocycles. The molecular weight excluding hydrogens is 1080 g/mol. The number of nitrogens with zero attached hydrogens (tertiary/aromatic N) is 8. The van der Waals surface area contributed by atoms with Gasteiger partial charge in [0.25, 0.3) is 23.6 Å². The maximum Gasteiger partial charge on any atom is 0.352 e. The fourth-order valence-corrected chi connectivity index (χ4v) is 13.4. The summed E-state index contributed by atoms with van der Waals surface area (Å²) in [5, 5.41) is 62.8. The zero-order valence-electron chi connectivity index (χ0n) is 40.8. The molecule has 77 heavy (non-hydrogen) atoms. The smallest absolute Gasteiger partial charge is 0.352 e. The topological polar surface area (TPSA) is 367 Å². The largest absolute Gasteiger partial charge is 0.543 e. The molecule has 5 amide bonds. The van der Waals surface area contributed by atoms with E-state index in [1.165, 1.54) is 99.8 Å². The summed E-state index contributed by atoms with van der Waals surface area (Å²) >= 11 is 5.00. The van der Waals surface area contributed by atoms with Gasteiger partial charge in [-0.3, -0.25) is 44.0 Å². The van der Waals surface area contributed by atoms with Crippen LogP contribution in [0.2, 0.25) is 0 Å². The van der Waals surface area contributed by atoms with E-state index in [2.05, 4.69) is 57.2 Å². The Morgan fingerprint density at radius 1 is 1.01 bits per heavy atom. The van der Waals surface area contributed by atoms with Crippen molar-refractivity contribution in [3.63, 3.8) is 0 Å². The Hall–Kier alpha value is -8.09. The second-order valence-electron chi connectivity index (χ2n) is 17.7. The maximum atomic E-state index is 13.5. The lowest BCUT2D eigenvalue weighted by molar-refractivity contribution is -0.696. The number of aromatic nitrogens is 7. The minimum absolute atomic E-state index is 0.0694. The number of β-lactam (4-membered cyclic amide) rings is 2. The number of aromatic amines is 2. The van der Waals surface area contributed by atoms with E-state index >= 15 is 0 Å². The molecule has 5 aliphatic rings. The number of oxime groups is 1. The summed E-state index contributed by atoms with van der Waals surface area (Å²) in [7, 11) is 2.94. The number of phenolic OH excluding ortho intramolecular Hbond substituents is 1. The van der Waals surface area contributed by atoms with Gasteiger partial charge in [-0.2, -0.15) is 4.57 Å². The van der Waals surface area contributed by atoms with Crippen LogP contribution in [-0.4, -0.2) is 145 Å². The van der Waals surface area contributed by atoms with E-state index in [-0.39, 0.29) is 56.0 Å². The van der Waals surface area contributed by atoms with Crippen LogP contribution >= 0.6 is 46.6 Å². The van der Waals surface area contributed by atoms with Crippen molar-refractivity contribution in [2.24, 2.45) is 12.2 Å². The van der Waals surface area contributed by atoms with Crippen molar-refractivity contribution in [2.45, 2.75) is 66.8 Å². The first-order valence-corrected chi connectivity index (χ1v) is 27.3. The fourth-order valence-electron chi connectivity index (χ4n) is 9.14. The number of carboxylic acids is 2. The molecule has 0 radical (unpaired) electrons. The molecule has 5 atom stereocenters. The van der Waals surface area contributed by atoms with E-state index in [0.717, 1.165) is 35.5 Å². The van der Waals surface area contributed by atoms with Crippen LogP contribution in [0.1, 0.15) is 51.0 Å². The monoisotopic (exact) mass is 1130 g/mol. The van der Waals surface area contributed by atoms with Crippen molar-refractivity contribution >= 4 is 93.8 Å². The Kier molecular flexibility index (Phi) is 15.8. The SMILES string of the molecule is CO/N=C(\C(=O)N[C@@H]1C(=O)N2C(C(=O)[O-])=C(C[n+]3cccc4c3CCC4)CS[C@@H]12)c1csc(=N)[nH]1.Cc1cc(=O)c(C(=O)N[C@@H](C(=O)N[C@@H]2C(=O)N3C(C(=O)O)=C(CSc4nnnn4C)CS[C@H]23)c2ccc(O)cc2)c[nH]1. The van der Waals surface area contributed by atoms with Crippen molar-refractivity contribution in [2.75, 3.05) is 24.4 Å². The molecule has 400 valence electrons. The van der Waals surface area contributed by atoms with Crippen molar-refractivity contribution in [3.8, 4) is 5.75 Å². The van der Waals surface area contributed by atoms with Gasteiger partial charge in [-0.1, -0.05) is 29.1 Å². The van der Waals surface area contributed by atoms with Crippen LogP contribution < -0.4 is 35.9 Å². The molecule has 8 heterocycles. The number of thiazole rings is 1. The Balaban J connectivity index is 0.000000191. The van der Waals surface area contributed by atoms with Crippen LogP contribution in [0.5, 0.6) is 5.75 Å². The van der Waals surface area contributed by atoms with Crippen LogP contribution in [0.3, 0.4) is 0 Å². The number of nitrogens with one attached hydrogen (secondary N) is 6. The maximum absolute atomic E-state index is 13.5. The number of thioether (sulfide) groups is 3. The quantitative estimate of drug-likeness (QED) is 0.0187. The first kappa shape index (κ1) is 53.7. The lowest BCUT2D eigenvalue weighted by Gasteiger charge is -2.50. The number of hydrogen-bond donors (Lipinski definition) is 8. The minimum atomic E-state index is -1.41. The third kappa shape index (κ3) is 11.0. The molecule has 0 unspecified atom stereocenters. The number of aryl methyl sites for hydroxylation is 3. The number of carbonyl (C=O) groups excluding carboxylic acids is 6. The Morgan fingerprint density at radius 3 is 2.35 bits per heavy atom. The molecule has 8 N–H and O–H groups in total. The molecule has 5 aromatic rings. The summed E-state index contributed by atoms with van der Waals surface area (Å²) in [6.45, 7) is 2.02. The highest BCUT2D eigenvalue weighted by atomic mass is 32.2. The highest BCUT2D eigenvalue weighted by molar-refractivity contribution is 8.01. The molecule has 2 fully saturated rings. The summed E-state index contributed by atoms with van der Waals surface area (Å²) in [4.78, 5) is 115. The standard InChI is InChI=1S/C25H24N8O7S2.C22H22N6O5S2/c1-11-7-16(35)15(8-26-11)20(36)27-17(12-3-5-14(34)6-4-12)21(37)28-18-22(38)33-19(24(39)40)13(9-41-23(18)33)10-42-25-29-30-31-32(25)2;1-33-26-15(13-10-35-22(23)24-13)18(29)25-16-19(30)28-17(21(31)32)12(9-34-20(16)28)8-27-7-3-5-11-4-2-6-14(11)27/h3-8,17-18,23,34H,9-10H2,1-2H3,(H,26,35)(H,27,36)(H,28,37)(H,39,40);3,5,7,10,16,20H,2,4,6,8-9H2,1H3,(H3-,23,24,25,29,31,32)/b;26-15-/t17-,18-,23-;16-,20+/m11/s1. The molecule has 2 saturated heterocycles. The van der Waals surface area contributed by atoms with E-state index in [1.54, 1.807) is 19.4 Å². The third-order valence-electron chi connectivity index (χ3n) is 12.8. The normalized spacial score (nSPS) is 19.9. The van der Waals surface area contributed by atoms with Gasteiger partial charge in [-0.05, 0) is 59.5 Å². The zero-order valence-corrected chi connectivity index (χ0v) is 44.1. The molecule has 4 aliphatic heterocycles. The van der Waals surface area contributed by atoms with Gasteiger partial charge in [0, 0.05) is 71.3 Å². The average Bonchev–Trinajstić information content (AvgIpc) is 4.18. The molecule has 26 nitrogen and oxygen atoms in total. The zero-order chi connectivity index (χ0) is 54.8. The van der Waals surface area contributed by atoms with Crippen LogP contribution in [0.25, 0.3) is 0 Å². The Labute approximate surface area is 451 Å². The molecule has 0 spiro atoms. The number of phenols is 1. The number of aliphatic carboxylic acids is 2. The summed E-state index contributed by atoms with van der Waals surface area (Å²) in [6.07, 6.45) is 6.18. The number of rotatable bonds is 16. The number of amides is 5. The number of fused-ring (bicyclic) bond motifs is 3. The van der Waals surface area contributed by atoms with Gasteiger partial charge in [0.2, 0.25) is 11.1 Å². The number of carboxylic acid groups (broad SMARTS) is 2. The molecular formula is C47H46N14O12S4. The molecule has 30 heteroatoms. The number of H-pyrrole nitrogens is 2. The second kappa shape index (κ2) is 22.6. The average molecular weight is 1130 g/mol. The molecule has 4 aromatic heterocycles. The number of hydrogen-bond acceptors (Lipinski definition) is 20. The molecule has 0 bridgehead atoms. The number of pyridine rings is 2. The van der Waals surface area contributed by atoms with Crippen LogP contribution in [0.4, 0.5) is 0 Å². The molecule has 10 rings (SSSR count). The van der Waals surface area contributed by atoms with Crippen LogP contribution in [0.15, 0.2) is 97.9 Å². The van der Waals surface area contributed by atoms with Crippen molar-refractivity contribution in [1.29, 1.82) is 5.41 Å². The van der Waals surface area contributed by atoms with E-state index in [4.69, 9.17) is 10.2 Å². The highest BCUT2D eigenvalue weighted by Crippen LogP contribution is 2.42. The Morgan fingerprint density at radius 2 is 1.71 bits per heavy atom. The summed E-state index contributed by atoms with van der Waals surface area (Å²) in [6, 6.07) is 7.47. The minimum Gasteiger partial charge on any atom is -0.543 e. The predicted octanol–water partition coefficient (Wildman–Crippen LogP) is -1.30. The van der Waals surface area contributed by atoms with Gasteiger partial charge in [0.1, 0.15) is 53.0 Å². The molecule has 1 aromatic carbocycles. The van der Waals surface area contributed by atoms with Crippen LogP contribution in [-0.2, 0) is 60.0 Å². The Bertz CT molecular complexity index is 3460. The third-order valence-corrected chi connectivity index (χ3v) is 17.3. The van der Waals surface area contributed by atoms with Crippen molar-refractivity contribution in [1.82, 2.24) is 55.9 Å². The van der Waals surface area contributed by atoms with Gasteiger partial charge < -0.3 is 50.9 Å². The van der Waals surface area contributed by atoms with Crippen molar-refractivity contribution in [3.05, 3.63) is 132 Å². The second-order valence-corrected chi connectivity index (χ2v) is 21.7. The van der Waals surface area contributed by atoms with Crippen molar-refractivity contribution < 1.29 is 58.3 Å². The van der Waals surface area contributed by atoms with E-state index in [0.29, 0.717) is 34.3 Å². The van der Waals surface area contributed by atoms with Gasteiger partial charge in [-0.25, -0.2) is 9.48 Å². The predicted molar refractivity (Wildman–Crippen MR) is 273 cm³/mol. The summed E-state index contributed by atoms with van der Waals surface area (Å²) < 4.78 is 3.50. The van der Waals surface area contributed by atoms with Gasteiger partial charge in [0.15, 0.2) is 34.4 Å². The highest BCUT2D eigenvalue weighted by Gasteiger charge is 2.55. The number of benzene rings is 1. The number of aromatic hydroxyl groups is 1. The van der Waals surface area contributed by atoms with E-state index < -0.39 is 75.8 Å². The van der Waals surface area contributed by atoms with Gasteiger partial charge in [0.05, 0.1) is 17.4 Å². The first-order valence-electron chi connectivity index (χ1n) is 23.3. The molecule has 0 saturated carbocycles. The first-order chi connectivity index (χ1) is 36.9. The van der Waals surface area contributed by atoms with Gasteiger partial charge in [-0.15, -0.1) is 40.0 Å². The van der Waals surface area contributed by atoms with E-state index in [1.807, 2.05) is 12.3 Å². The lowest BCUT2D eigenvalue weighted by Crippen LogP contribution is -2.71. The summed E-state index contributed by atoms with van der Waals surface area (Å²) in [5.74, 6) is -5.23. The summed E-state index contributed by atoms with van der Waals surface area (Å²) in [5.41, 5.74) is 3.53. The lowest BCUT2D eigenvalue weighted by atomic mass is 10.0. The van der Waals surface area contributed by atoms with Gasteiger partial charge >= 0.3 is 5.97 Å². The van der Waals surface area contributed by atoms with E-state index in [9.17, 15) is 53.7 Å². The fraction of sp³-hybridized carbons (Fsp3) is 0.319. The van der Waals surface area contributed by atoms with Crippen LogP contribution in [0, 0.1) is 12.3 Å².